The van der Waals surface area contributed by atoms with Crippen LogP contribution in [-0.4, -0.2) is 51.9 Å². The summed E-state index contributed by atoms with van der Waals surface area (Å²) < 4.78 is 11.3. The molecule has 0 radical (unpaired) electrons. The van der Waals surface area contributed by atoms with Gasteiger partial charge in [0.05, 0.1) is 13.7 Å². The van der Waals surface area contributed by atoms with Crippen LogP contribution in [0.4, 0.5) is 5.69 Å². The summed E-state index contributed by atoms with van der Waals surface area (Å²) in [6, 6.07) is 18.6. The zero-order valence-electron chi connectivity index (χ0n) is 17.3. The van der Waals surface area contributed by atoms with Gasteiger partial charge in [-0.05, 0) is 37.6 Å². The summed E-state index contributed by atoms with van der Waals surface area (Å²) in [5, 5.41) is 6.89. The lowest BCUT2D eigenvalue weighted by atomic mass is 10.2. The van der Waals surface area contributed by atoms with Gasteiger partial charge in [0.25, 0.3) is 0 Å². The second-order valence-electron chi connectivity index (χ2n) is 6.94. The minimum Gasteiger partial charge on any atom is -0.493 e. The summed E-state index contributed by atoms with van der Waals surface area (Å²) >= 11 is 0. The first kappa shape index (κ1) is 23.1. The van der Waals surface area contributed by atoms with Crippen molar-refractivity contribution in [1.29, 1.82) is 0 Å². The molecule has 0 bridgehead atoms. The lowest BCUT2D eigenvalue weighted by Gasteiger charge is -2.22. The van der Waals surface area contributed by atoms with E-state index >= 15 is 0 Å². The van der Waals surface area contributed by atoms with E-state index < -0.39 is 0 Å². The number of methoxy groups -OCH3 is 1. The molecule has 1 aliphatic heterocycles. The SMILES string of the molecule is CN=C(NCC(C)Oc1ccccc1OC)NC1CCN(c2ccccc2)C1.I. The Morgan fingerprint density at radius 1 is 1.14 bits per heavy atom. The summed E-state index contributed by atoms with van der Waals surface area (Å²) in [6.45, 7) is 4.69. The highest BCUT2D eigenvalue weighted by Gasteiger charge is 2.23. The predicted molar refractivity (Wildman–Crippen MR) is 130 cm³/mol. The molecule has 158 valence electrons. The lowest BCUT2D eigenvalue weighted by molar-refractivity contribution is 0.213. The Morgan fingerprint density at radius 3 is 2.52 bits per heavy atom. The number of rotatable bonds is 7. The van der Waals surface area contributed by atoms with Crippen LogP contribution in [0.3, 0.4) is 0 Å². The molecule has 7 heteroatoms. The zero-order valence-corrected chi connectivity index (χ0v) is 19.6. The molecule has 2 atom stereocenters. The molecule has 0 saturated carbocycles. The number of nitrogens with one attached hydrogen (secondary N) is 2. The minimum atomic E-state index is -0.0285. The largest absolute Gasteiger partial charge is 0.493 e. The molecule has 2 aromatic rings. The number of anilines is 1. The molecule has 1 aliphatic rings. The lowest BCUT2D eigenvalue weighted by Crippen LogP contribution is -2.47. The van der Waals surface area contributed by atoms with E-state index in [9.17, 15) is 0 Å². The molecule has 1 heterocycles. The summed E-state index contributed by atoms with van der Waals surface area (Å²) in [6.07, 6.45) is 1.06. The van der Waals surface area contributed by atoms with Gasteiger partial charge in [-0.1, -0.05) is 30.3 Å². The number of aliphatic imine (C=N–C) groups is 1. The Labute approximate surface area is 190 Å². The van der Waals surface area contributed by atoms with Gasteiger partial charge in [-0.25, -0.2) is 0 Å². The van der Waals surface area contributed by atoms with E-state index in [1.807, 2.05) is 31.2 Å². The normalized spacial score (nSPS) is 17.3. The van der Waals surface area contributed by atoms with Gasteiger partial charge in [-0.2, -0.15) is 0 Å². The van der Waals surface area contributed by atoms with Gasteiger partial charge in [0.2, 0.25) is 0 Å². The monoisotopic (exact) mass is 510 g/mol. The van der Waals surface area contributed by atoms with Crippen LogP contribution >= 0.6 is 24.0 Å². The maximum atomic E-state index is 6.00. The van der Waals surface area contributed by atoms with Crippen LogP contribution in [-0.2, 0) is 0 Å². The van der Waals surface area contributed by atoms with E-state index in [0.717, 1.165) is 37.0 Å². The van der Waals surface area contributed by atoms with Crippen molar-refractivity contribution < 1.29 is 9.47 Å². The van der Waals surface area contributed by atoms with Crippen molar-refractivity contribution in [2.75, 3.05) is 38.7 Å². The van der Waals surface area contributed by atoms with E-state index in [0.29, 0.717) is 12.6 Å². The topological polar surface area (TPSA) is 58.1 Å². The van der Waals surface area contributed by atoms with Crippen LogP contribution in [0.1, 0.15) is 13.3 Å². The summed E-state index contributed by atoms with van der Waals surface area (Å²) in [4.78, 5) is 6.76. The average molecular weight is 510 g/mol. The number of benzene rings is 2. The first-order chi connectivity index (χ1) is 13.7. The van der Waals surface area contributed by atoms with Crippen LogP contribution in [0.5, 0.6) is 11.5 Å². The molecule has 2 unspecified atom stereocenters. The second-order valence-corrected chi connectivity index (χ2v) is 6.94. The van der Waals surface area contributed by atoms with Crippen molar-refractivity contribution in [2.24, 2.45) is 4.99 Å². The van der Waals surface area contributed by atoms with Gasteiger partial charge >= 0.3 is 0 Å². The Hall–Kier alpha value is -2.16. The van der Waals surface area contributed by atoms with Crippen LogP contribution < -0.4 is 25.0 Å². The average Bonchev–Trinajstić information content (AvgIpc) is 3.20. The van der Waals surface area contributed by atoms with Crippen LogP contribution in [0, 0.1) is 0 Å². The maximum Gasteiger partial charge on any atom is 0.191 e. The molecular weight excluding hydrogens is 479 g/mol. The highest BCUT2D eigenvalue weighted by Crippen LogP contribution is 2.26. The van der Waals surface area contributed by atoms with Crippen LogP contribution in [0.25, 0.3) is 0 Å². The predicted octanol–water partition coefficient (Wildman–Crippen LogP) is 3.52. The van der Waals surface area contributed by atoms with E-state index in [1.54, 1.807) is 14.2 Å². The van der Waals surface area contributed by atoms with Crippen molar-refractivity contribution in [3.8, 4) is 11.5 Å². The number of para-hydroxylation sites is 3. The molecule has 2 N–H and O–H groups in total. The van der Waals surface area contributed by atoms with Crippen molar-refractivity contribution >= 4 is 35.6 Å². The van der Waals surface area contributed by atoms with E-state index in [1.165, 1.54) is 5.69 Å². The third kappa shape index (κ3) is 6.69. The number of halogens is 1. The van der Waals surface area contributed by atoms with Crippen LogP contribution in [0.15, 0.2) is 59.6 Å². The molecule has 0 aliphatic carbocycles. The molecule has 0 aromatic heterocycles. The molecule has 2 aromatic carbocycles. The maximum absolute atomic E-state index is 6.00. The quantitative estimate of drug-likeness (QED) is 0.339. The Morgan fingerprint density at radius 2 is 1.83 bits per heavy atom. The molecule has 0 spiro atoms. The smallest absolute Gasteiger partial charge is 0.191 e. The fraction of sp³-hybridized carbons (Fsp3) is 0.409. The molecule has 6 nitrogen and oxygen atoms in total. The fourth-order valence-corrected chi connectivity index (χ4v) is 3.35. The molecule has 29 heavy (non-hydrogen) atoms. The van der Waals surface area contributed by atoms with E-state index in [4.69, 9.17) is 9.47 Å². The Balaban J connectivity index is 0.00000300. The third-order valence-electron chi connectivity index (χ3n) is 4.83. The number of nitrogens with zero attached hydrogens (tertiary/aromatic N) is 2. The van der Waals surface area contributed by atoms with Gasteiger partial charge in [0, 0.05) is 31.9 Å². The van der Waals surface area contributed by atoms with Crippen molar-refractivity contribution in [3.05, 3.63) is 54.6 Å². The van der Waals surface area contributed by atoms with Crippen LogP contribution in [0.2, 0.25) is 0 Å². The number of hydrogen-bond acceptors (Lipinski definition) is 4. The number of ether oxygens (including phenoxy) is 2. The highest BCUT2D eigenvalue weighted by atomic mass is 127. The first-order valence-electron chi connectivity index (χ1n) is 9.76. The van der Waals surface area contributed by atoms with Crippen molar-refractivity contribution in [1.82, 2.24) is 10.6 Å². The third-order valence-corrected chi connectivity index (χ3v) is 4.83. The minimum absolute atomic E-state index is 0. The summed E-state index contributed by atoms with van der Waals surface area (Å²) in [5.74, 6) is 2.29. The standard InChI is InChI=1S/C22H30N4O2.HI/c1-17(28-21-12-8-7-11-20(21)27-3)15-24-22(23-2)25-18-13-14-26(16-18)19-9-5-4-6-10-19;/h4-12,17-18H,13-16H2,1-3H3,(H2,23,24,25);1H. The fourth-order valence-electron chi connectivity index (χ4n) is 3.35. The Bertz CT molecular complexity index is 772. The van der Waals surface area contributed by atoms with Gasteiger partial charge in [-0.3, -0.25) is 4.99 Å². The summed E-state index contributed by atoms with van der Waals surface area (Å²) in [5.41, 5.74) is 1.27. The molecular formula is C22H31IN4O2. The van der Waals surface area contributed by atoms with E-state index in [2.05, 4.69) is 50.9 Å². The van der Waals surface area contributed by atoms with Crippen molar-refractivity contribution in [3.63, 3.8) is 0 Å². The second kappa shape index (κ2) is 11.7. The molecule has 1 saturated heterocycles. The highest BCUT2D eigenvalue weighted by molar-refractivity contribution is 14.0. The number of hydrogen-bond donors (Lipinski definition) is 2. The molecule has 1 fully saturated rings. The van der Waals surface area contributed by atoms with Gasteiger partial charge in [0.1, 0.15) is 6.10 Å². The Kier molecular flexibility index (Phi) is 9.37. The van der Waals surface area contributed by atoms with Gasteiger partial charge in [-0.15, -0.1) is 24.0 Å². The van der Waals surface area contributed by atoms with E-state index in [-0.39, 0.29) is 30.1 Å². The summed E-state index contributed by atoms with van der Waals surface area (Å²) in [7, 11) is 3.45. The van der Waals surface area contributed by atoms with Gasteiger partial charge < -0.3 is 25.0 Å². The number of guanidine groups is 1. The molecule has 3 rings (SSSR count). The first-order valence-corrected chi connectivity index (χ1v) is 9.76. The molecule has 0 amide bonds. The van der Waals surface area contributed by atoms with Gasteiger partial charge in [0.15, 0.2) is 17.5 Å². The zero-order chi connectivity index (χ0) is 19.8. The van der Waals surface area contributed by atoms with Crippen molar-refractivity contribution in [2.45, 2.75) is 25.5 Å².